The molecule has 0 heterocycles. The van der Waals surface area contributed by atoms with Crippen LogP contribution in [0, 0.1) is 6.92 Å². The number of nitrogens with one attached hydrogen (secondary N) is 2. The lowest BCUT2D eigenvalue weighted by Crippen LogP contribution is -2.19. The highest BCUT2D eigenvalue weighted by Gasteiger charge is 2.22. The predicted octanol–water partition coefficient (Wildman–Crippen LogP) is 7.38. The number of hydrogen-bond donors (Lipinski definition) is 2. The summed E-state index contributed by atoms with van der Waals surface area (Å²) in [6.45, 7) is 1.98. The van der Waals surface area contributed by atoms with Crippen molar-refractivity contribution in [3.63, 3.8) is 0 Å². The molecule has 0 aliphatic rings. The van der Waals surface area contributed by atoms with Crippen LogP contribution in [0.3, 0.4) is 0 Å². The first-order valence-electron chi connectivity index (χ1n) is 11.3. The Morgan fingerprint density at radius 3 is 2.14 bits per heavy atom. The van der Waals surface area contributed by atoms with Crippen LogP contribution in [0.5, 0.6) is 5.75 Å². The van der Waals surface area contributed by atoms with Crippen molar-refractivity contribution < 1.29 is 14.3 Å². The summed E-state index contributed by atoms with van der Waals surface area (Å²) in [5.41, 5.74) is 3.83. The van der Waals surface area contributed by atoms with E-state index in [-0.39, 0.29) is 11.8 Å². The van der Waals surface area contributed by atoms with Crippen molar-refractivity contribution in [2.45, 2.75) is 17.1 Å². The number of amides is 2. The van der Waals surface area contributed by atoms with Crippen LogP contribution in [0.15, 0.2) is 102 Å². The fraction of sp³-hybridized carbons (Fsp3) is 0.103. The average molecular weight is 517 g/mol. The van der Waals surface area contributed by atoms with Crippen LogP contribution < -0.4 is 15.4 Å². The number of carbonyl (C=O) groups is 2. The van der Waals surface area contributed by atoms with E-state index in [4.69, 9.17) is 16.3 Å². The first-order valence-corrected chi connectivity index (χ1v) is 12.5. The van der Waals surface area contributed by atoms with Gasteiger partial charge in [-0.05, 0) is 67.1 Å². The molecule has 5 nitrogen and oxygen atoms in total. The van der Waals surface area contributed by atoms with E-state index in [0.29, 0.717) is 27.7 Å². The maximum atomic E-state index is 13.3. The van der Waals surface area contributed by atoms with Crippen molar-refractivity contribution in [3.8, 4) is 5.75 Å². The highest BCUT2D eigenvalue weighted by molar-refractivity contribution is 8.00. The molecule has 1 atom stereocenters. The van der Waals surface area contributed by atoms with Gasteiger partial charge in [0.05, 0.1) is 12.1 Å². The van der Waals surface area contributed by atoms with Gasteiger partial charge >= 0.3 is 0 Å². The first kappa shape index (κ1) is 25.4. The van der Waals surface area contributed by atoms with E-state index < -0.39 is 5.25 Å². The molecule has 2 N–H and O–H groups in total. The predicted molar refractivity (Wildman–Crippen MR) is 147 cm³/mol. The minimum Gasteiger partial charge on any atom is -0.495 e. The summed E-state index contributed by atoms with van der Waals surface area (Å²) in [6.07, 6.45) is 0. The standard InChI is InChI=1S/C29H25ClN2O3S/c1-19-8-10-21(11-9-19)28(33)31-22-12-15-24(16-13-22)36-27(20-6-4-3-5-7-20)29(34)32-23-14-17-26(35-2)25(30)18-23/h3-18,27H,1-2H3,(H,31,33)(H,32,34). The monoisotopic (exact) mass is 516 g/mol. The summed E-state index contributed by atoms with van der Waals surface area (Å²) in [6, 6.07) is 29.6. The number of halogens is 1. The van der Waals surface area contributed by atoms with E-state index in [1.807, 2.05) is 73.7 Å². The number of aryl methyl sites for hydroxylation is 1. The number of methoxy groups -OCH3 is 1. The molecule has 0 saturated carbocycles. The van der Waals surface area contributed by atoms with Gasteiger partial charge in [-0.2, -0.15) is 0 Å². The van der Waals surface area contributed by atoms with Crippen molar-refractivity contribution in [1.82, 2.24) is 0 Å². The van der Waals surface area contributed by atoms with E-state index in [1.165, 1.54) is 11.8 Å². The van der Waals surface area contributed by atoms with Gasteiger partial charge in [0.15, 0.2) is 0 Å². The van der Waals surface area contributed by atoms with E-state index in [0.717, 1.165) is 16.0 Å². The third-order valence-electron chi connectivity index (χ3n) is 5.44. The molecular formula is C29H25ClN2O3S. The number of rotatable bonds is 8. The van der Waals surface area contributed by atoms with Crippen molar-refractivity contribution >= 4 is 46.6 Å². The van der Waals surface area contributed by atoms with Crippen molar-refractivity contribution in [2.75, 3.05) is 17.7 Å². The fourth-order valence-corrected chi connectivity index (χ4v) is 4.80. The van der Waals surface area contributed by atoms with Crippen LogP contribution in [0.1, 0.15) is 26.7 Å². The number of carbonyl (C=O) groups excluding carboxylic acids is 2. The van der Waals surface area contributed by atoms with Gasteiger partial charge in [-0.1, -0.05) is 59.6 Å². The number of ether oxygens (including phenoxy) is 1. The maximum Gasteiger partial charge on any atom is 0.255 e. The van der Waals surface area contributed by atoms with Crippen molar-refractivity contribution in [3.05, 3.63) is 119 Å². The zero-order valence-corrected chi connectivity index (χ0v) is 21.4. The van der Waals surface area contributed by atoms with Crippen LogP contribution in [0.25, 0.3) is 0 Å². The Labute approximate surface area is 219 Å². The molecule has 0 aliphatic heterocycles. The second kappa shape index (κ2) is 11.8. The normalized spacial score (nSPS) is 11.4. The molecule has 36 heavy (non-hydrogen) atoms. The molecular weight excluding hydrogens is 492 g/mol. The van der Waals surface area contributed by atoms with Crippen LogP contribution in [-0.4, -0.2) is 18.9 Å². The topological polar surface area (TPSA) is 67.4 Å². The molecule has 7 heteroatoms. The Balaban J connectivity index is 1.48. The molecule has 0 saturated heterocycles. The highest BCUT2D eigenvalue weighted by Crippen LogP contribution is 2.37. The van der Waals surface area contributed by atoms with Crippen molar-refractivity contribution in [1.29, 1.82) is 0 Å². The van der Waals surface area contributed by atoms with Gasteiger partial charge in [-0.25, -0.2) is 0 Å². The minimum atomic E-state index is -0.500. The van der Waals surface area contributed by atoms with Crippen LogP contribution >= 0.6 is 23.4 Å². The number of hydrogen-bond acceptors (Lipinski definition) is 4. The lowest BCUT2D eigenvalue weighted by molar-refractivity contribution is -0.115. The van der Waals surface area contributed by atoms with E-state index in [1.54, 1.807) is 37.4 Å². The molecule has 0 fully saturated rings. The van der Waals surface area contributed by atoms with Crippen LogP contribution in [-0.2, 0) is 4.79 Å². The molecule has 182 valence electrons. The van der Waals surface area contributed by atoms with E-state index in [9.17, 15) is 9.59 Å². The lowest BCUT2D eigenvalue weighted by atomic mass is 10.1. The van der Waals surface area contributed by atoms with Crippen LogP contribution in [0.2, 0.25) is 5.02 Å². The Bertz CT molecular complexity index is 1340. The zero-order valence-electron chi connectivity index (χ0n) is 19.8. The summed E-state index contributed by atoms with van der Waals surface area (Å²) < 4.78 is 5.19. The van der Waals surface area contributed by atoms with Gasteiger partial charge in [0.2, 0.25) is 5.91 Å². The molecule has 2 amide bonds. The Kier molecular flexibility index (Phi) is 8.31. The quantitative estimate of drug-likeness (QED) is 0.240. The molecule has 0 radical (unpaired) electrons. The molecule has 4 aromatic carbocycles. The Morgan fingerprint density at radius 2 is 1.50 bits per heavy atom. The average Bonchev–Trinajstić information content (AvgIpc) is 2.89. The van der Waals surface area contributed by atoms with Gasteiger partial charge in [-0.3, -0.25) is 9.59 Å². The number of benzene rings is 4. The van der Waals surface area contributed by atoms with Crippen molar-refractivity contribution in [2.24, 2.45) is 0 Å². The van der Waals surface area contributed by atoms with Gasteiger partial charge < -0.3 is 15.4 Å². The third-order valence-corrected chi connectivity index (χ3v) is 7.00. The summed E-state index contributed by atoms with van der Waals surface area (Å²) in [5.74, 6) is 0.192. The summed E-state index contributed by atoms with van der Waals surface area (Å²) in [4.78, 5) is 26.7. The molecule has 0 bridgehead atoms. The largest absolute Gasteiger partial charge is 0.495 e. The number of thioether (sulfide) groups is 1. The second-order valence-corrected chi connectivity index (χ2v) is 9.68. The smallest absolute Gasteiger partial charge is 0.255 e. The number of anilines is 2. The van der Waals surface area contributed by atoms with E-state index >= 15 is 0 Å². The van der Waals surface area contributed by atoms with Gasteiger partial charge in [0.1, 0.15) is 11.0 Å². The second-order valence-electron chi connectivity index (χ2n) is 8.09. The molecule has 4 rings (SSSR count). The Morgan fingerprint density at radius 1 is 0.833 bits per heavy atom. The third kappa shape index (κ3) is 6.47. The highest BCUT2D eigenvalue weighted by atomic mass is 35.5. The van der Waals surface area contributed by atoms with Gasteiger partial charge in [0, 0.05) is 21.8 Å². The fourth-order valence-electron chi connectivity index (χ4n) is 3.51. The van der Waals surface area contributed by atoms with Gasteiger partial charge in [-0.15, -0.1) is 11.8 Å². The molecule has 1 unspecified atom stereocenters. The molecule has 0 spiro atoms. The van der Waals surface area contributed by atoms with Crippen LogP contribution in [0.4, 0.5) is 11.4 Å². The summed E-state index contributed by atoms with van der Waals surface area (Å²) >= 11 is 7.65. The maximum absolute atomic E-state index is 13.3. The first-order chi connectivity index (χ1) is 17.4. The zero-order chi connectivity index (χ0) is 25.5. The Hall–Kier alpha value is -3.74. The SMILES string of the molecule is COc1ccc(NC(=O)C(Sc2ccc(NC(=O)c3ccc(C)cc3)cc2)c2ccccc2)cc1Cl. The molecule has 0 aliphatic carbocycles. The lowest BCUT2D eigenvalue weighted by Gasteiger charge is -2.18. The molecule has 0 aromatic heterocycles. The molecule has 4 aromatic rings. The minimum absolute atomic E-state index is 0.171. The summed E-state index contributed by atoms with van der Waals surface area (Å²) in [5, 5.41) is 5.78. The van der Waals surface area contributed by atoms with E-state index in [2.05, 4.69) is 10.6 Å². The van der Waals surface area contributed by atoms with Gasteiger partial charge in [0.25, 0.3) is 5.91 Å². The summed E-state index contributed by atoms with van der Waals surface area (Å²) in [7, 11) is 1.54.